The summed E-state index contributed by atoms with van der Waals surface area (Å²) in [6.07, 6.45) is 6.52. The Morgan fingerprint density at radius 2 is 1.59 bits per heavy atom. The van der Waals surface area contributed by atoms with Crippen LogP contribution in [-0.4, -0.2) is 45.5 Å². The zero-order chi connectivity index (χ0) is 23.0. The summed E-state index contributed by atoms with van der Waals surface area (Å²) in [7, 11) is 0. The lowest BCUT2D eigenvalue weighted by Gasteiger charge is -2.30. The average Bonchev–Trinajstić information content (AvgIpc) is 3.46. The lowest BCUT2D eigenvalue weighted by atomic mass is 9.85. The molecule has 2 fully saturated rings. The van der Waals surface area contributed by atoms with Crippen LogP contribution in [-0.2, 0) is 14.4 Å². The second kappa shape index (κ2) is 8.84. The van der Waals surface area contributed by atoms with Gasteiger partial charge in [-0.05, 0) is 36.7 Å². The van der Waals surface area contributed by atoms with Crippen LogP contribution >= 0.6 is 0 Å². The number of amides is 3. The molecule has 1 aromatic rings. The molecule has 3 amide bonds. The molecule has 0 spiro atoms. The SMILES string of the molecule is CCCN(CCC)C(=O)CC(c1ccc([N+](=O)[O-])cc1)N1C(=O)C2C3C=CC(C3)C2C1=O. The van der Waals surface area contributed by atoms with Crippen molar-refractivity contribution >= 4 is 23.4 Å². The summed E-state index contributed by atoms with van der Waals surface area (Å²) in [4.78, 5) is 53.7. The van der Waals surface area contributed by atoms with E-state index in [-0.39, 0.29) is 53.5 Å². The first-order valence-electron chi connectivity index (χ1n) is 11.4. The number of likely N-dealkylation sites (tertiary alicyclic amines) is 1. The molecule has 170 valence electrons. The third-order valence-corrected chi connectivity index (χ3v) is 7.01. The predicted octanol–water partition coefficient (Wildman–Crippen LogP) is 3.48. The van der Waals surface area contributed by atoms with Gasteiger partial charge in [0.15, 0.2) is 0 Å². The van der Waals surface area contributed by atoms with Crippen LogP contribution in [0.15, 0.2) is 36.4 Å². The van der Waals surface area contributed by atoms with Crippen LogP contribution in [0.5, 0.6) is 0 Å². The minimum Gasteiger partial charge on any atom is -0.343 e. The van der Waals surface area contributed by atoms with Crippen molar-refractivity contribution in [3.63, 3.8) is 0 Å². The smallest absolute Gasteiger partial charge is 0.269 e. The predicted molar refractivity (Wildman–Crippen MR) is 117 cm³/mol. The third-order valence-electron chi connectivity index (χ3n) is 7.01. The number of nitro benzene ring substituents is 1. The molecule has 1 aliphatic heterocycles. The van der Waals surface area contributed by atoms with Crippen LogP contribution in [0.25, 0.3) is 0 Å². The minimum atomic E-state index is -0.760. The largest absolute Gasteiger partial charge is 0.343 e. The number of rotatable bonds is 9. The number of imide groups is 1. The summed E-state index contributed by atoms with van der Waals surface area (Å²) in [5, 5.41) is 11.1. The van der Waals surface area contributed by atoms with Crippen LogP contribution in [0.3, 0.4) is 0 Å². The normalized spacial score (nSPS) is 26.5. The number of nitro groups is 1. The number of hydrogen-bond acceptors (Lipinski definition) is 5. The van der Waals surface area contributed by atoms with Gasteiger partial charge in [0.2, 0.25) is 17.7 Å². The zero-order valence-corrected chi connectivity index (χ0v) is 18.5. The lowest BCUT2D eigenvalue weighted by molar-refractivity contribution is -0.384. The second-order valence-corrected chi connectivity index (χ2v) is 9.00. The molecule has 1 aromatic carbocycles. The van der Waals surface area contributed by atoms with Crippen molar-refractivity contribution in [3.8, 4) is 0 Å². The van der Waals surface area contributed by atoms with E-state index in [0.717, 1.165) is 19.3 Å². The van der Waals surface area contributed by atoms with Gasteiger partial charge in [-0.2, -0.15) is 0 Å². The quantitative estimate of drug-likeness (QED) is 0.254. The molecule has 1 heterocycles. The number of benzene rings is 1. The maximum atomic E-state index is 13.4. The highest BCUT2D eigenvalue weighted by molar-refractivity contribution is 6.07. The van der Waals surface area contributed by atoms with Crippen LogP contribution in [0.2, 0.25) is 0 Å². The highest BCUT2D eigenvalue weighted by Crippen LogP contribution is 2.54. The molecule has 1 saturated carbocycles. The highest BCUT2D eigenvalue weighted by atomic mass is 16.6. The Kier molecular flexibility index (Phi) is 6.13. The van der Waals surface area contributed by atoms with Crippen molar-refractivity contribution in [2.24, 2.45) is 23.7 Å². The fourth-order valence-electron chi connectivity index (χ4n) is 5.60. The molecule has 3 aliphatic rings. The maximum absolute atomic E-state index is 13.4. The maximum Gasteiger partial charge on any atom is 0.269 e. The fraction of sp³-hybridized carbons (Fsp3) is 0.542. The fourth-order valence-corrected chi connectivity index (χ4v) is 5.60. The number of carbonyl (C=O) groups is 3. The Bertz CT molecular complexity index is 921. The molecule has 4 rings (SSSR count). The van der Waals surface area contributed by atoms with E-state index in [1.54, 1.807) is 17.0 Å². The number of allylic oxidation sites excluding steroid dienone is 2. The van der Waals surface area contributed by atoms with Crippen molar-refractivity contribution in [2.45, 2.75) is 45.6 Å². The molecular weight excluding hydrogens is 410 g/mol. The zero-order valence-electron chi connectivity index (χ0n) is 18.5. The number of fused-ring (bicyclic) bond motifs is 5. The van der Waals surface area contributed by atoms with E-state index in [4.69, 9.17) is 0 Å². The second-order valence-electron chi connectivity index (χ2n) is 9.00. The molecule has 5 unspecified atom stereocenters. The molecule has 8 nitrogen and oxygen atoms in total. The molecule has 0 N–H and O–H groups in total. The minimum absolute atomic E-state index is 0.0164. The number of nitrogens with zero attached hydrogens (tertiary/aromatic N) is 3. The number of hydrogen-bond donors (Lipinski definition) is 0. The van der Waals surface area contributed by atoms with E-state index in [2.05, 4.69) is 0 Å². The van der Waals surface area contributed by atoms with Crippen LogP contribution in [0.4, 0.5) is 5.69 Å². The summed E-state index contributed by atoms with van der Waals surface area (Å²) < 4.78 is 0. The van der Waals surface area contributed by atoms with Gasteiger partial charge >= 0.3 is 0 Å². The Balaban J connectivity index is 1.66. The Hall–Kier alpha value is -3.03. The monoisotopic (exact) mass is 439 g/mol. The van der Waals surface area contributed by atoms with E-state index < -0.39 is 11.0 Å². The van der Waals surface area contributed by atoms with Crippen LogP contribution in [0.1, 0.15) is 51.1 Å². The molecule has 1 saturated heterocycles. The Morgan fingerprint density at radius 1 is 1.06 bits per heavy atom. The summed E-state index contributed by atoms with van der Waals surface area (Å²) in [6.45, 7) is 5.23. The van der Waals surface area contributed by atoms with Crippen molar-refractivity contribution in [2.75, 3.05) is 13.1 Å². The molecule has 8 heteroatoms. The van der Waals surface area contributed by atoms with Crippen molar-refractivity contribution in [1.29, 1.82) is 0 Å². The first-order chi connectivity index (χ1) is 15.4. The third kappa shape index (κ3) is 3.72. The lowest BCUT2D eigenvalue weighted by Crippen LogP contribution is -2.41. The van der Waals surface area contributed by atoms with Crippen LogP contribution in [0, 0.1) is 33.8 Å². The van der Waals surface area contributed by atoms with Crippen molar-refractivity contribution < 1.29 is 19.3 Å². The summed E-state index contributed by atoms with van der Waals surface area (Å²) in [5.41, 5.74) is 0.495. The van der Waals surface area contributed by atoms with Gasteiger partial charge in [0.1, 0.15) is 0 Å². The number of carbonyl (C=O) groups excluding carboxylic acids is 3. The van der Waals surface area contributed by atoms with Gasteiger partial charge in [0.25, 0.3) is 5.69 Å². The molecule has 5 atom stereocenters. The van der Waals surface area contributed by atoms with E-state index in [0.29, 0.717) is 18.7 Å². The molecule has 32 heavy (non-hydrogen) atoms. The van der Waals surface area contributed by atoms with Crippen molar-refractivity contribution in [1.82, 2.24) is 9.80 Å². The highest BCUT2D eigenvalue weighted by Gasteiger charge is 2.60. The van der Waals surface area contributed by atoms with Gasteiger partial charge in [-0.1, -0.05) is 38.1 Å². The topological polar surface area (TPSA) is 101 Å². The van der Waals surface area contributed by atoms with Crippen molar-refractivity contribution in [3.05, 3.63) is 52.1 Å². The Morgan fingerprint density at radius 3 is 2.06 bits per heavy atom. The van der Waals surface area contributed by atoms with Gasteiger partial charge in [-0.15, -0.1) is 0 Å². The summed E-state index contributed by atoms with van der Waals surface area (Å²) in [6, 6.07) is 5.08. The van der Waals surface area contributed by atoms with Gasteiger partial charge in [-0.3, -0.25) is 29.4 Å². The summed E-state index contributed by atoms with van der Waals surface area (Å²) >= 11 is 0. The van der Waals surface area contributed by atoms with Crippen LogP contribution < -0.4 is 0 Å². The molecule has 0 radical (unpaired) electrons. The average molecular weight is 440 g/mol. The van der Waals surface area contributed by atoms with Gasteiger partial charge in [0, 0.05) is 25.2 Å². The van der Waals surface area contributed by atoms with E-state index in [1.165, 1.54) is 17.0 Å². The van der Waals surface area contributed by atoms with E-state index in [9.17, 15) is 24.5 Å². The summed E-state index contributed by atoms with van der Waals surface area (Å²) in [5.74, 6) is -1.09. The van der Waals surface area contributed by atoms with Gasteiger partial charge in [-0.25, -0.2) is 0 Å². The number of non-ortho nitro benzene ring substituents is 1. The standard InChI is InChI=1S/C24H29N3O5/c1-3-11-25(12-4-2)20(28)14-19(15-7-9-18(10-8-15)27(31)32)26-23(29)21-16-5-6-17(13-16)22(21)24(26)30/h5-10,16-17,19,21-22H,3-4,11-14H2,1-2H3. The van der Waals surface area contributed by atoms with E-state index in [1.807, 2.05) is 26.0 Å². The first-order valence-corrected chi connectivity index (χ1v) is 11.4. The van der Waals surface area contributed by atoms with E-state index >= 15 is 0 Å². The molecule has 2 bridgehead atoms. The molecule has 0 aromatic heterocycles. The van der Waals surface area contributed by atoms with Gasteiger partial charge in [0.05, 0.1) is 29.2 Å². The first kappa shape index (κ1) is 22.2. The van der Waals surface area contributed by atoms with Gasteiger partial charge < -0.3 is 4.90 Å². The Labute approximate surface area is 187 Å². The molecular formula is C24H29N3O5. The molecule has 2 aliphatic carbocycles.